The summed E-state index contributed by atoms with van der Waals surface area (Å²) in [6, 6.07) is 5.37. The number of carbonyl (C=O) groups is 2. The number of aromatic nitrogens is 1. The Kier molecular flexibility index (Phi) is 6.39. The van der Waals surface area contributed by atoms with Crippen LogP contribution in [0.3, 0.4) is 0 Å². The van der Waals surface area contributed by atoms with Gasteiger partial charge in [0.2, 0.25) is 0 Å². The summed E-state index contributed by atoms with van der Waals surface area (Å²) in [5, 5.41) is 12.8. The Morgan fingerprint density at radius 1 is 1.44 bits per heavy atom. The summed E-state index contributed by atoms with van der Waals surface area (Å²) < 4.78 is 0. The highest BCUT2D eigenvalue weighted by Crippen LogP contribution is 2.24. The van der Waals surface area contributed by atoms with Crippen molar-refractivity contribution in [3.63, 3.8) is 0 Å². The van der Waals surface area contributed by atoms with Crippen LogP contribution >= 0.6 is 22.9 Å². The van der Waals surface area contributed by atoms with E-state index in [0.717, 1.165) is 16.0 Å². The van der Waals surface area contributed by atoms with Gasteiger partial charge in [0.05, 0.1) is 5.92 Å². The largest absolute Gasteiger partial charge is 0.481 e. The number of carboxylic acid groups (broad SMARTS) is 1. The van der Waals surface area contributed by atoms with Crippen molar-refractivity contribution in [2.75, 3.05) is 18.9 Å². The fourth-order valence-electron chi connectivity index (χ4n) is 2.25. The molecule has 0 saturated carbocycles. The fourth-order valence-corrected chi connectivity index (χ4v) is 3.30. The normalized spacial score (nSPS) is 11.8. The predicted molar refractivity (Wildman–Crippen MR) is 99.6 cm³/mol. The molecule has 2 aromatic rings. The molecule has 0 radical (unpaired) electrons. The van der Waals surface area contributed by atoms with E-state index >= 15 is 0 Å². The number of benzene rings is 1. The van der Waals surface area contributed by atoms with Crippen molar-refractivity contribution >= 4 is 40.1 Å². The van der Waals surface area contributed by atoms with Gasteiger partial charge in [-0.15, -0.1) is 11.3 Å². The molecule has 0 aliphatic heterocycles. The first-order valence-electron chi connectivity index (χ1n) is 7.71. The van der Waals surface area contributed by atoms with Crippen molar-refractivity contribution in [2.24, 2.45) is 5.92 Å². The number of halogens is 1. The van der Waals surface area contributed by atoms with Gasteiger partial charge in [-0.3, -0.25) is 10.1 Å². The highest BCUT2D eigenvalue weighted by atomic mass is 35.5. The highest BCUT2D eigenvalue weighted by Gasteiger charge is 2.18. The Balaban J connectivity index is 1.96. The minimum Gasteiger partial charge on any atom is -0.481 e. The predicted octanol–water partition coefficient (Wildman–Crippen LogP) is 3.88. The molecule has 1 unspecified atom stereocenters. The number of hydrogen-bond donors (Lipinski definition) is 2. The molecule has 0 aliphatic rings. The van der Waals surface area contributed by atoms with Gasteiger partial charge >= 0.3 is 12.0 Å². The number of rotatable bonds is 6. The maximum Gasteiger partial charge on any atom is 0.323 e. The first-order valence-corrected chi connectivity index (χ1v) is 8.90. The van der Waals surface area contributed by atoms with E-state index in [2.05, 4.69) is 10.3 Å². The first kappa shape index (κ1) is 19.2. The number of urea groups is 1. The highest BCUT2D eigenvalue weighted by molar-refractivity contribution is 7.15. The second-order valence-electron chi connectivity index (χ2n) is 5.93. The SMILES string of the molecule is Cc1cc(Cl)ccc1Cc1cnc(NC(=O)N(C)CC(C)C(=O)O)s1. The van der Waals surface area contributed by atoms with Crippen molar-refractivity contribution in [2.45, 2.75) is 20.3 Å². The Labute approximate surface area is 155 Å². The molecular weight excluding hydrogens is 362 g/mol. The molecule has 6 nitrogen and oxygen atoms in total. The lowest BCUT2D eigenvalue weighted by atomic mass is 10.1. The van der Waals surface area contributed by atoms with E-state index in [1.165, 1.54) is 16.2 Å². The summed E-state index contributed by atoms with van der Waals surface area (Å²) in [6.45, 7) is 3.69. The molecule has 0 bridgehead atoms. The third-order valence-corrected chi connectivity index (χ3v) is 4.90. The number of anilines is 1. The molecule has 0 aliphatic carbocycles. The molecule has 1 heterocycles. The van der Waals surface area contributed by atoms with Crippen LogP contribution in [-0.4, -0.2) is 40.6 Å². The molecule has 2 amide bonds. The average molecular weight is 382 g/mol. The van der Waals surface area contributed by atoms with E-state index < -0.39 is 11.9 Å². The topological polar surface area (TPSA) is 82.5 Å². The summed E-state index contributed by atoms with van der Waals surface area (Å²) in [7, 11) is 1.56. The molecule has 25 heavy (non-hydrogen) atoms. The molecule has 134 valence electrons. The van der Waals surface area contributed by atoms with Crippen LogP contribution in [0.1, 0.15) is 22.9 Å². The number of nitrogens with one attached hydrogen (secondary N) is 1. The van der Waals surface area contributed by atoms with E-state index in [1.807, 2.05) is 25.1 Å². The number of carbonyl (C=O) groups excluding carboxylic acids is 1. The zero-order chi connectivity index (χ0) is 18.6. The molecule has 8 heteroatoms. The van der Waals surface area contributed by atoms with Gasteiger partial charge in [-0.05, 0) is 30.2 Å². The molecule has 0 fully saturated rings. The van der Waals surface area contributed by atoms with Gasteiger partial charge in [-0.25, -0.2) is 9.78 Å². The Hall–Kier alpha value is -2.12. The molecule has 1 aromatic heterocycles. The minimum atomic E-state index is -0.936. The van der Waals surface area contributed by atoms with Crippen molar-refractivity contribution < 1.29 is 14.7 Å². The van der Waals surface area contributed by atoms with Crippen LogP contribution in [0.15, 0.2) is 24.4 Å². The molecule has 1 atom stereocenters. The molecule has 0 saturated heterocycles. The maximum absolute atomic E-state index is 12.1. The molecule has 1 aromatic carbocycles. The summed E-state index contributed by atoms with van der Waals surface area (Å²) in [6.07, 6.45) is 2.44. The number of nitrogens with zero attached hydrogens (tertiary/aromatic N) is 2. The zero-order valence-electron chi connectivity index (χ0n) is 14.2. The third-order valence-electron chi connectivity index (χ3n) is 3.75. The summed E-state index contributed by atoms with van der Waals surface area (Å²) in [5.41, 5.74) is 2.26. The van der Waals surface area contributed by atoms with Crippen molar-refractivity contribution in [3.8, 4) is 0 Å². The quantitative estimate of drug-likeness (QED) is 0.795. The van der Waals surface area contributed by atoms with Crippen LogP contribution in [0, 0.1) is 12.8 Å². The minimum absolute atomic E-state index is 0.128. The number of aryl methyl sites for hydroxylation is 1. The lowest BCUT2D eigenvalue weighted by Crippen LogP contribution is -2.36. The Morgan fingerprint density at radius 2 is 2.16 bits per heavy atom. The van der Waals surface area contributed by atoms with E-state index in [9.17, 15) is 9.59 Å². The van der Waals surface area contributed by atoms with Gasteiger partial charge in [-0.2, -0.15) is 0 Å². The van der Waals surface area contributed by atoms with Gasteiger partial charge in [0, 0.05) is 36.1 Å². The standard InChI is InChI=1S/C17H20ClN3O3S/c1-10-6-13(18)5-4-12(10)7-14-8-19-16(25-14)20-17(24)21(3)9-11(2)15(22)23/h4-6,8,11H,7,9H2,1-3H3,(H,22,23)(H,19,20,24). The van der Waals surface area contributed by atoms with Gasteiger partial charge in [0.15, 0.2) is 5.13 Å². The second kappa shape index (κ2) is 8.31. The average Bonchev–Trinajstić information content (AvgIpc) is 2.97. The van der Waals surface area contributed by atoms with Crippen LogP contribution in [0.2, 0.25) is 5.02 Å². The van der Waals surface area contributed by atoms with Crippen LogP contribution in [0.5, 0.6) is 0 Å². The molecule has 0 spiro atoms. The van der Waals surface area contributed by atoms with Gasteiger partial charge in [0.1, 0.15) is 0 Å². The molecule has 2 rings (SSSR count). The van der Waals surface area contributed by atoms with Crippen molar-refractivity contribution in [3.05, 3.63) is 45.4 Å². The summed E-state index contributed by atoms with van der Waals surface area (Å²) in [5.74, 6) is -1.56. The number of hydrogen-bond acceptors (Lipinski definition) is 4. The number of amides is 2. The number of aliphatic carboxylic acids is 1. The monoisotopic (exact) mass is 381 g/mol. The number of carboxylic acids is 1. The smallest absolute Gasteiger partial charge is 0.323 e. The second-order valence-corrected chi connectivity index (χ2v) is 7.48. The lowest BCUT2D eigenvalue weighted by Gasteiger charge is -2.19. The van der Waals surface area contributed by atoms with Crippen LogP contribution in [0.4, 0.5) is 9.93 Å². The summed E-state index contributed by atoms with van der Waals surface area (Å²) in [4.78, 5) is 29.5. The van der Waals surface area contributed by atoms with E-state index in [4.69, 9.17) is 16.7 Å². The maximum atomic E-state index is 12.1. The Morgan fingerprint density at radius 3 is 2.80 bits per heavy atom. The van der Waals surface area contributed by atoms with E-state index in [-0.39, 0.29) is 12.6 Å². The molecule has 2 N–H and O–H groups in total. The van der Waals surface area contributed by atoms with Crippen molar-refractivity contribution in [1.82, 2.24) is 9.88 Å². The third kappa shape index (κ3) is 5.44. The van der Waals surface area contributed by atoms with E-state index in [1.54, 1.807) is 20.2 Å². The van der Waals surface area contributed by atoms with Crippen LogP contribution < -0.4 is 5.32 Å². The van der Waals surface area contributed by atoms with Crippen molar-refractivity contribution in [1.29, 1.82) is 0 Å². The van der Waals surface area contributed by atoms with Gasteiger partial charge < -0.3 is 10.0 Å². The molecular formula is C17H20ClN3O3S. The summed E-state index contributed by atoms with van der Waals surface area (Å²) >= 11 is 7.36. The number of thiazole rings is 1. The first-order chi connectivity index (χ1) is 11.8. The van der Waals surface area contributed by atoms with Crippen LogP contribution in [0.25, 0.3) is 0 Å². The Bertz CT molecular complexity index is 778. The fraction of sp³-hybridized carbons (Fsp3) is 0.353. The zero-order valence-corrected chi connectivity index (χ0v) is 15.8. The van der Waals surface area contributed by atoms with Gasteiger partial charge in [0.25, 0.3) is 0 Å². The lowest BCUT2D eigenvalue weighted by molar-refractivity contribution is -0.141. The van der Waals surface area contributed by atoms with Crippen LogP contribution in [-0.2, 0) is 11.2 Å². The van der Waals surface area contributed by atoms with Gasteiger partial charge in [-0.1, -0.05) is 24.6 Å². The van der Waals surface area contributed by atoms with E-state index in [0.29, 0.717) is 16.6 Å².